The first-order valence-corrected chi connectivity index (χ1v) is 12.2. The number of benzene rings is 2. The number of amides is 3. The van der Waals surface area contributed by atoms with Gasteiger partial charge in [-0.25, -0.2) is 13.2 Å². The summed E-state index contributed by atoms with van der Waals surface area (Å²) in [5.41, 5.74) is 1.97. The van der Waals surface area contributed by atoms with Crippen LogP contribution in [0.1, 0.15) is 40.4 Å². The third-order valence-corrected chi connectivity index (χ3v) is 7.32. The number of anilines is 1. The van der Waals surface area contributed by atoms with Crippen LogP contribution in [0.25, 0.3) is 0 Å². The van der Waals surface area contributed by atoms with Gasteiger partial charge in [0.15, 0.2) is 5.78 Å². The fourth-order valence-electron chi connectivity index (χ4n) is 4.47. The van der Waals surface area contributed by atoms with Crippen LogP contribution >= 0.6 is 0 Å². The van der Waals surface area contributed by atoms with Crippen molar-refractivity contribution in [3.63, 3.8) is 0 Å². The number of hydrogen-bond acceptors (Lipinski definition) is 5. The molecular weight excluding hydrogens is 430 g/mol. The van der Waals surface area contributed by atoms with Crippen LogP contribution in [0.2, 0.25) is 0 Å². The van der Waals surface area contributed by atoms with Crippen LogP contribution in [0.3, 0.4) is 0 Å². The average Bonchev–Trinajstić information content (AvgIpc) is 2.96. The third kappa shape index (κ3) is 3.66. The van der Waals surface area contributed by atoms with E-state index in [4.69, 9.17) is 0 Å². The van der Waals surface area contributed by atoms with Crippen molar-refractivity contribution in [3.8, 4) is 0 Å². The van der Waals surface area contributed by atoms with Gasteiger partial charge in [-0.05, 0) is 61.6 Å². The molecule has 0 bridgehead atoms. The number of carbonyl (C=O) groups is 3. The topological polar surface area (TPSA) is 104 Å². The predicted molar refractivity (Wildman–Crippen MR) is 120 cm³/mol. The number of ketones is 1. The van der Waals surface area contributed by atoms with E-state index in [1.165, 1.54) is 4.31 Å². The van der Waals surface area contributed by atoms with E-state index in [0.29, 0.717) is 36.2 Å². The molecule has 2 aromatic rings. The van der Waals surface area contributed by atoms with E-state index < -0.39 is 27.5 Å². The minimum Gasteiger partial charge on any atom is -0.319 e. The van der Waals surface area contributed by atoms with Crippen molar-refractivity contribution < 1.29 is 22.8 Å². The molecule has 0 spiro atoms. The molecule has 1 fully saturated rings. The Labute approximate surface area is 187 Å². The first-order valence-electron chi connectivity index (χ1n) is 10.4. The second-order valence-electron chi connectivity index (χ2n) is 8.47. The maximum absolute atomic E-state index is 13.2. The molecule has 1 N–H and O–H groups in total. The molecule has 168 valence electrons. The van der Waals surface area contributed by atoms with Gasteiger partial charge in [-0.1, -0.05) is 24.3 Å². The van der Waals surface area contributed by atoms with Crippen LogP contribution in [-0.4, -0.2) is 50.4 Å². The molecule has 0 aliphatic carbocycles. The molecule has 1 saturated heterocycles. The molecule has 8 nitrogen and oxygen atoms in total. The number of carbonyl (C=O) groups excluding carboxylic acids is 3. The van der Waals surface area contributed by atoms with Gasteiger partial charge < -0.3 is 5.32 Å². The molecule has 2 aliphatic heterocycles. The lowest BCUT2D eigenvalue weighted by molar-refractivity contribution is -0.130. The molecule has 0 saturated carbocycles. The monoisotopic (exact) mass is 455 g/mol. The lowest BCUT2D eigenvalue weighted by Gasteiger charge is -2.29. The molecule has 9 heteroatoms. The maximum atomic E-state index is 13.2. The second-order valence-corrected chi connectivity index (χ2v) is 10.4. The summed E-state index contributed by atoms with van der Waals surface area (Å²) in [4.78, 5) is 39.7. The highest BCUT2D eigenvalue weighted by atomic mass is 32.2. The molecule has 32 heavy (non-hydrogen) atoms. The fourth-order valence-corrected chi connectivity index (χ4v) is 5.47. The summed E-state index contributed by atoms with van der Waals surface area (Å²) >= 11 is 0. The highest BCUT2D eigenvalue weighted by Crippen LogP contribution is 2.32. The first kappa shape index (κ1) is 22.0. The Bertz CT molecular complexity index is 1240. The van der Waals surface area contributed by atoms with E-state index in [1.807, 2.05) is 19.1 Å². The van der Waals surface area contributed by atoms with Gasteiger partial charge in [0.2, 0.25) is 10.0 Å². The van der Waals surface area contributed by atoms with Crippen LogP contribution in [0.15, 0.2) is 42.5 Å². The molecule has 0 aromatic heterocycles. The van der Waals surface area contributed by atoms with E-state index in [2.05, 4.69) is 5.32 Å². The van der Waals surface area contributed by atoms with Crippen LogP contribution in [0.5, 0.6) is 0 Å². The normalized spacial score (nSPS) is 20.8. The number of nitrogens with one attached hydrogen (secondary N) is 1. The highest BCUT2D eigenvalue weighted by Gasteiger charge is 2.50. The maximum Gasteiger partial charge on any atom is 0.325 e. The highest BCUT2D eigenvalue weighted by molar-refractivity contribution is 7.92. The van der Waals surface area contributed by atoms with Gasteiger partial charge in [-0.2, -0.15) is 0 Å². The SMILES string of the molecule is Cc1ccccc1C1(C)NC(=O)N(CC(=O)c2ccc3c(c2)CCCN3S(C)(=O)=O)C1=O. The summed E-state index contributed by atoms with van der Waals surface area (Å²) in [5, 5.41) is 2.73. The van der Waals surface area contributed by atoms with Gasteiger partial charge >= 0.3 is 6.03 Å². The number of urea groups is 1. The number of hydrogen-bond donors (Lipinski definition) is 1. The zero-order valence-corrected chi connectivity index (χ0v) is 19.0. The molecule has 0 radical (unpaired) electrons. The summed E-state index contributed by atoms with van der Waals surface area (Å²) in [5.74, 6) is -0.867. The Hall–Kier alpha value is -3.20. The Morgan fingerprint density at radius 1 is 1.16 bits per heavy atom. The van der Waals surface area contributed by atoms with Gasteiger partial charge in [0, 0.05) is 12.1 Å². The minimum absolute atomic E-state index is 0.337. The quantitative estimate of drug-likeness (QED) is 0.551. The average molecular weight is 456 g/mol. The summed E-state index contributed by atoms with van der Waals surface area (Å²) in [6, 6.07) is 11.5. The van der Waals surface area contributed by atoms with Crippen molar-refractivity contribution in [2.45, 2.75) is 32.2 Å². The Morgan fingerprint density at radius 2 is 1.88 bits per heavy atom. The van der Waals surface area contributed by atoms with Crippen LogP contribution < -0.4 is 9.62 Å². The summed E-state index contributed by atoms with van der Waals surface area (Å²) in [6.07, 6.45) is 2.46. The van der Waals surface area contributed by atoms with Crippen LogP contribution in [-0.2, 0) is 26.8 Å². The van der Waals surface area contributed by atoms with Crippen LogP contribution in [0, 0.1) is 6.92 Å². The van der Waals surface area contributed by atoms with E-state index in [-0.39, 0.29) is 12.3 Å². The molecule has 4 rings (SSSR count). The van der Waals surface area contributed by atoms with Crippen molar-refractivity contribution in [1.29, 1.82) is 0 Å². The Balaban J connectivity index is 1.58. The number of sulfonamides is 1. The third-order valence-electron chi connectivity index (χ3n) is 6.14. The smallest absolute Gasteiger partial charge is 0.319 e. The van der Waals surface area contributed by atoms with Crippen molar-refractivity contribution in [2.24, 2.45) is 0 Å². The minimum atomic E-state index is -3.41. The van der Waals surface area contributed by atoms with Gasteiger partial charge in [0.05, 0.1) is 18.5 Å². The van der Waals surface area contributed by atoms with Crippen LogP contribution in [0.4, 0.5) is 10.5 Å². The number of nitrogens with zero attached hydrogens (tertiary/aromatic N) is 2. The number of aryl methyl sites for hydroxylation is 2. The van der Waals surface area contributed by atoms with Gasteiger partial charge in [0.1, 0.15) is 5.54 Å². The second kappa shape index (κ2) is 7.74. The molecule has 1 unspecified atom stereocenters. The van der Waals surface area contributed by atoms with Gasteiger partial charge in [0.25, 0.3) is 5.91 Å². The molecule has 2 aliphatic rings. The zero-order valence-electron chi connectivity index (χ0n) is 18.2. The van der Waals surface area contributed by atoms with Crippen molar-refractivity contribution >= 4 is 33.4 Å². The lowest BCUT2D eigenvalue weighted by Crippen LogP contribution is -2.42. The lowest BCUT2D eigenvalue weighted by atomic mass is 9.88. The Kier molecular flexibility index (Phi) is 5.32. The number of imide groups is 1. The first-order chi connectivity index (χ1) is 15.0. The fraction of sp³-hybridized carbons (Fsp3) is 0.348. The van der Waals surface area contributed by atoms with Crippen molar-refractivity contribution in [2.75, 3.05) is 23.7 Å². The molecule has 2 aromatic carbocycles. The summed E-state index contributed by atoms with van der Waals surface area (Å²) in [7, 11) is -3.41. The van der Waals surface area contributed by atoms with E-state index in [9.17, 15) is 22.8 Å². The summed E-state index contributed by atoms with van der Waals surface area (Å²) < 4.78 is 25.4. The Morgan fingerprint density at radius 3 is 2.56 bits per heavy atom. The van der Waals surface area contributed by atoms with E-state index in [0.717, 1.165) is 22.3 Å². The van der Waals surface area contributed by atoms with Gasteiger partial charge in [-0.15, -0.1) is 0 Å². The molecule has 2 heterocycles. The van der Waals surface area contributed by atoms with E-state index >= 15 is 0 Å². The zero-order chi connectivity index (χ0) is 23.3. The van der Waals surface area contributed by atoms with E-state index in [1.54, 1.807) is 37.3 Å². The molecule has 1 atom stereocenters. The number of fused-ring (bicyclic) bond motifs is 1. The standard InChI is InChI=1S/C23H25N3O5S/c1-15-7-4-5-9-18(15)23(2)21(28)25(22(29)24-23)14-20(27)17-10-11-19-16(13-17)8-6-12-26(19)32(3,30)31/h4-5,7,9-11,13H,6,8,12,14H2,1-3H3,(H,24,29). The predicted octanol–water partition coefficient (Wildman–Crippen LogP) is 2.36. The van der Waals surface area contributed by atoms with Crippen molar-refractivity contribution in [1.82, 2.24) is 10.2 Å². The number of rotatable bonds is 5. The largest absolute Gasteiger partial charge is 0.325 e. The number of Topliss-reactive ketones (excluding diaryl/α,β-unsaturated/α-hetero) is 1. The van der Waals surface area contributed by atoms with Gasteiger partial charge in [-0.3, -0.25) is 18.8 Å². The van der Waals surface area contributed by atoms with Crippen molar-refractivity contribution in [3.05, 3.63) is 64.7 Å². The molecule has 3 amide bonds. The summed E-state index contributed by atoms with van der Waals surface area (Å²) in [6.45, 7) is 3.51. The molecular formula is C23H25N3O5S.